The van der Waals surface area contributed by atoms with Crippen LogP contribution in [0.2, 0.25) is 0 Å². The van der Waals surface area contributed by atoms with E-state index in [4.69, 9.17) is 0 Å². The van der Waals surface area contributed by atoms with Gasteiger partial charge in [0.1, 0.15) is 15.9 Å². The van der Waals surface area contributed by atoms with Crippen LogP contribution >= 0.6 is 11.7 Å². The molecule has 1 aromatic heterocycles. The number of hydrogen-bond acceptors (Lipinski definition) is 6. The van der Waals surface area contributed by atoms with Gasteiger partial charge in [0, 0.05) is 25.3 Å². The van der Waals surface area contributed by atoms with Gasteiger partial charge in [-0.2, -0.15) is 13.1 Å². The minimum Gasteiger partial charge on any atom is -0.383 e. The molecule has 0 unspecified atom stereocenters. The first-order chi connectivity index (χ1) is 11.2. The number of nitrogens with zero attached hydrogens (tertiary/aromatic N) is 3. The molecule has 0 spiro atoms. The zero-order valence-corrected chi connectivity index (χ0v) is 13.8. The third kappa shape index (κ3) is 2.48. The number of anilines is 1. The van der Waals surface area contributed by atoms with Crippen molar-refractivity contribution in [2.75, 3.05) is 18.4 Å². The van der Waals surface area contributed by atoms with Crippen LogP contribution < -0.4 is 5.32 Å². The van der Waals surface area contributed by atoms with Gasteiger partial charge in [-0.15, -0.1) is 0 Å². The van der Waals surface area contributed by atoms with E-state index < -0.39 is 10.0 Å². The van der Waals surface area contributed by atoms with Gasteiger partial charge in [-0.25, -0.2) is 8.42 Å². The molecule has 2 heterocycles. The largest absolute Gasteiger partial charge is 0.383 e. The summed E-state index contributed by atoms with van der Waals surface area (Å²) in [6, 6.07) is 12.9. The van der Waals surface area contributed by atoms with E-state index in [0.717, 1.165) is 23.0 Å². The van der Waals surface area contributed by atoms with E-state index in [9.17, 15) is 8.42 Å². The lowest BCUT2D eigenvalue weighted by atomic mass is 10.2. The van der Waals surface area contributed by atoms with Crippen LogP contribution in [0.15, 0.2) is 47.4 Å². The zero-order valence-electron chi connectivity index (χ0n) is 12.1. The van der Waals surface area contributed by atoms with Crippen molar-refractivity contribution >= 4 is 38.5 Å². The van der Waals surface area contributed by atoms with Crippen LogP contribution in [0.4, 0.5) is 5.69 Å². The highest BCUT2D eigenvalue weighted by Gasteiger charge is 2.29. The van der Waals surface area contributed by atoms with Crippen LogP contribution in [0.3, 0.4) is 0 Å². The lowest BCUT2D eigenvalue weighted by Gasteiger charge is -2.20. The van der Waals surface area contributed by atoms with Gasteiger partial charge in [0.25, 0.3) is 0 Å². The minimum atomic E-state index is -3.63. The van der Waals surface area contributed by atoms with E-state index in [1.54, 1.807) is 18.2 Å². The average molecular weight is 346 g/mol. The summed E-state index contributed by atoms with van der Waals surface area (Å²) in [5.41, 5.74) is 3.02. The fourth-order valence-corrected chi connectivity index (χ4v) is 4.92. The molecule has 0 radical (unpaired) electrons. The second-order valence-electron chi connectivity index (χ2n) is 5.31. The Balaban J connectivity index is 1.78. The molecule has 0 fully saturated rings. The maximum absolute atomic E-state index is 13.1. The van der Waals surface area contributed by atoms with Crippen molar-refractivity contribution in [2.45, 2.75) is 11.4 Å². The van der Waals surface area contributed by atoms with Crippen molar-refractivity contribution in [1.29, 1.82) is 0 Å². The normalized spacial score (nSPS) is 15.8. The lowest BCUT2D eigenvalue weighted by molar-refractivity contribution is 0.424. The Labute approximate surface area is 138 Å². The molecular formula is C15H14N4O2S2. The van der Waals surface area contributed by atoms with E-state index in [1.807, 2.05) is 24.3 Å². The van der Waals surface area contributed by atoms with Crippen LogP contribution in [-0.2, 0) is 16.6 Å². The first-order valence-corrected chi connectivity index (χ1v) is 9.36. The summed E-state index contributed by atoms with van der Waals surface area (Å²) in [6.07, 6.45) is 0. The fourth-order valence-electron chi connectivity index (χ4n) is 2.75. The molecule has 0 bridgehead atoms. The van der Waals surface area contributed by atoms with Crippen LogP contribution in [0.25, 0.3) is 11.0 Å². The Hall–Kier alpha value is -2.03. The second-order valence-corrected chi connectivity index (χ2v) is 7.75. The SMILES string of the molecule is O=S(=O)(c1cccc2nsnc12)N1CCNc2ccccc2C1. The summed E-state index contributed by atoms with van der Waals surface area (Å²) in [4.78, 5) is 0.225. The Kier molecular flexibility index (Phi) is 3.51. The zero-order chi connectivity index (χ0) is 15.9. The standard InChI is InChI=1S/C15H14N4O2S2/c20-23(21,14-7-3-6-13-15(14)18-22-17-13)19-9-8-16-12-5-2-1-4-11(12)10-19/h1-7,16H,8-10H2. The summed E-state index contributed by atoms with van der Waals surface area (Å²) in [5.74, 6) is 0. The van der Waals surface area contributed by atoms with Gasteiger partial charge in [-0.1, -0.05) is 24.3 Å². The average Bonchev–Trinajstić information content (AvgIpc) is 2.92. The molecule has 0 saturated carbocycles. The molecule has 23 heavy (non-hydrogen) atoms. The van der Waals surface area contributed by atoms with Crippen molar-refractivity contribution in [3.8, 4) is 0 Å². The number of sulfonamides is 1. The first-order valence-electron chi connectivity index (χ1n) is 7.19. The molecule has 1 N–H and O–H groups in total. The molecule has 6 nitrogen and oxygen atoms in total. The first kappa shape index (κ1) is 14.6. The molecule has 118 valence electrons. The molecule has 4 rings (SSSR count). The molecule has 8 heteroatoms. The highest BCUT2D eigenvalue weighted by molar-refractivity contribution is 7.89. The minimum absolute atomic E-state index is 0.225. The number of nitrogens with one attached hydrogen (secondary N) is 1. The van der Waals surface area contributed by atoms with Crippen LogP contribution in [-0.4, -0.2) is 34.6 Å². The number of rotatable bonds is 2. The summed E-state index contributed by atoms with van der Waals surface area (Å²) < 4.78 is 36.0. The molecule has 0 saturated heterocycles. The van der Waals surface area contributed by atoms with Crippen LogP contribution in [0.5, 0.6) is 0 Å². The van der Waals surface area contributed by atoms with Crippen LogP contribution in [0.1, 0.15) is 5.56 Å². The monoisotopic (exact) mass is 346 g/mol. The van der Waals surface area contributed by atoms with E-state index in [-0.39, 0.29) is 4.90 Å². The van der Waals surface area contributed by atoms with Gasteiger partial charge in [-0.05, 0) is 23.8 Å². The van der Waals surface area contributed by atoms with Gasteiger partial charge >= 0.3 is 0 Å². The summed E-state index contributed by atoms with van der Waals surface area (Å²) >= 11 is 1.03. The highest BCUT2D eigenvalue weighted by atomic mass is 32.2. The predicted octanol–water partition coefficient (Wildman–Crippen LogP) is 2.31. The Morgan fingerprint density at radius 1 is 1.09 bits per heavy atom. The predicted molar refractivity (Wildman–Crippen MR) is 89.9 cm³/mol. The Bertz CT molecular complexity index is 968. The van der Waals surface area contributed by atoms with Gasteiger partial charge in [-0.3, -0.25) is 0 Å². The van der Waals surface area contributed by atoms with Gasteiger partial charge in [0.15, 0.2) is 0 Å². The van der Waals surface area contributed by atoms with Crippen LogP contribution in [0, 0.1) is 0 Å². The second kappa shape index (κ2) is 5.55. The molecule has 1 aliphatic rings. The lowest BCUT2D eigenvalue weighted by Crippen LogP contribution is -2.32. The molecule has 0 amide bonds. The number of para-hydroxylation sites is 1. The highest BCUT2D eigenvalue weighted by Crippen LogP contribution is 2.28. The van der Waals surface area contributed by atoms with Gasteiger partial charge in [0.2, 0.25) is 10.0 Å². The smallest absolute Gasteiger partial charge is 0.245 e. The number of aromatic nitrogens is 2. The molecular weight excluding hydrogens is 332 g/mol. The van der Waals surface area contributed by atoms with Gasteiger partial charge < -0.3 is 5.32 Å². The van der Waals surface area contributed by atoms with Crippen molar-refractivity contribution in [3.05, 3.63) is 48.0 Å². The fraction of sp³-hybridized carbons (Fsp3) is 0.200. The number of benzene rings is 2. The van der Waals surface area contributed by atoms with E-state index in [0.29, 0.717) is 30.7 Å². The third-order valence-electron chi connectivity index (χ3n) is 3.91. The van der Waals surface area contributed by atoms with E-state index in [1.165, 1.54) is 4.31 Å². The Morgan fingerprint density at radius 2 is 1.96 bits per heavy atom. The van der Waals surface area contributed by atoms with Gasteiger partial charge in [0.05, 0.1) is 11.7 Å². The maximum Gasteiger partial charge on any atom is 0.245 e. The molecule has 1 aliphatic heterocycles. The Morgan fingerprint density at radius 3 is 2.87 bits per heavy atom. The van der Waals surface area contributed by atoms with Crippen molar-refractivity contribution < 1.29 is 8.42 Å². The molecule has 0 aliphatic carbocycles. The third-order valence-corrected chi connectivity index (χ3v) is 6.33. The maximum atomic E-state index is 13.1. The van der Waals surface area contributed by atoms with Crippen molar-refractivity contribution in [1.82, 2.24) is 13.1 Å². The summed E-state index contributed by atoms with van der Waals surface area (Å²) in [7, 11) is -3.63. The van der Waals surface area contributed by atoms with Crippen molar-refractivity contribution in [3.63, 3.8) is 0 Å². The number of hydrogen-bond donors (Lipinski definition) is 1. The summed E-state index contributed by atoms with van der Waals surface area (Å²) in [6.45, 7) is 1.33. The van der Waals surface area contributed by atoms with E-state index >= 15 is 0 Å². The topological polar surface area (TPSA) is 75.2 Å². The number of fused-ring (bicyclic) bond motifs is 2. The van der Waals surface area contributed by atoms with E-state index in [2.05, 4.69) is 14.1 Å². The summed E-state index contributed by atoms with van der Waals surface area (Å²) in [5, 5.41) is 3.28. The van der Waals surface area contributed by atoms with Crippen molar-refractivity contribution in [2.24, 2.45) is 0 Å². The quantitative estimate of drug-likeness (QED) is 0.771. The molecule has 2 aromatic carbocycles. The molecule has 3 aromatic rings. The molecule has 0 atom stereocenters.